The number of hydrogen-bond acceptors (Lipinski definition) is 2. The van der Waals surface area contributed by atoms with Crippen molar-refractivity contribution in [3.63, 3.8) is 0 Å². The van der Waals surface area contributed by atoms with Gasteiger partial charge in [0.25, 0.3) is 0 Å². The van der Waals surface area contributed by atoms with Crippen LogP contribution in [-0.4, -0.2) is 14.2 Å². The van der Waals surface area contributed by atoms with E-state index >= 15 is 0 Å². The molecule has 98 valence electrons. The number of rotatable bonds is 4. The van der Waals surface area contributed by atoms with E-state index in [1.165, 1.54) is 0 Å². The predicted molar refractivity (Wildman–Crippen MR) is 79.5 cm³/mol. The summed E-state index contributed by atoms with van der Waals surface area (Å²) in [7, 11) is 3.28. The Bertz CT molecular complexity index is 542. The normalized spacial score (nSPS) is 12.5. The summed E-state index contributed by atoms with van der Waals surface area (Å²) >= 11 is 0. The van der Waals surface area contributed by atoms with Gasteiger partial charge in [-0.2, -0.15) is 0 Å². The van der Waals surface area contributed by atoms with Gasteiger partial charge in [0.15, 0.2) is 0 Å². The second-order valence-corrected chi connectivity index (χ2v) is 4.21. The van der Waals surface area contributed by atoms with Crippen molar-refractivity contribution in [2.24, 2.45) is 0 Å². The number of benzene rings is 2. The first-order valence-corrected chi connectivity index (χ1v) is 6.12. The Morgan fingerprint density at radius 3 is 1.84 bits per heavy atom. The summed E-state index contributed by atoms with van der Waals surface area (Å²) < 4.78 is 18.6. The molecule has 2 rings (SSSR count). The molecule has 0 radical (unpaired) electrons. The van der Waals surface area contributed by atoms with Gasteiger partial charge in [0.05, 0.1) is 15.6 Å². The fraction of sp³-hybridized carbons (Fsp3) is 0.176. The molecule has 0 aliphatic carbocycles. The van der Waals surface area contributed by atoms with Crippen molar-refractivity contribution < 1.29 is 10.8 Å². The average molecular weight is 255 g/mol. The van der Waals surface area contributed by atoms with Crippen LogP contribution < -0.4 is 9.47 Å². The molecule has 2 aromatic rings. The Morgan fingerprint density at radius 2 is 1.37 bits per heavy atom. The highest BCUT2D eigenvalue weighted by Crippen LogP contribution is 2.21. The highest BCUT2D eigenvalue weighted by atomic mass is 16.5. The van der Waals surface area contributed by atoms with Gasteiger partial charge in [0, 0.05) is 0 Å². The predicted octanol–water partition coefficient (Wildman–Crippen LogP) is 4.26. The van der Waals surface area contributed by atoms with E-state index in [0.29, 0.717) is 6.05 Å². The van der Waals surface area contributed by atoms with Gasteiger partial charge in [-0.25, -0.2) is 0 Å². The first kappa shape index (κ1) is 11.8. The van der Waals surface area contributed by atoms with Gasteiger partial charge in [0.1, 0.15) is 11.5 Å². The van der Waals surface area contributed by atoms with Crippen LogP contribution in [0.5, 0.6) is 11.5 Å². The van der Waals surface area contributed by atoms with Crippen molar-refractivity contribution >= 4 is 11.6 Å². The molecule has 0 amide bonds. The van der Waals surface area contributed by atoms with Gasteiger partial charge < -0.3 is 9.47 Å². The molecule has 0 heterocycles. The zero-order chi connectivity index (χ0) is 14.5. The maximum Gasteiger partial charge on any atom is 0.118 e. The third-order valence-electron chi connectivity index (χ3n) is 2.94. The molecule has 0 saturated heterocycles. The quantitative estimate of drug-likeness (QED) is 0.760. The summed E-state index contributed by atoms with van der Waals surface area (Å²) in [6.45, 7) is 1.95. The summed E-state index contributed by atoms with van der Waals surface area (Å²) in [5.41, 5.74) is 2.82. The molecule has 2 heteroatoms. The van der Waals surface area contributed by atoms with E-state index in [4.69, 9.17) is 10.8 Å². The molecule has 0 spiro atoms. The maximum atomic E-state index is 8.29. The molecule has 0 aromatic heterocycles. The highest BCUT2D eigenvalue weighted by Gasteiger charge is 1.98. The summed E-state index contributed by atoms with van der Waals surface area (Å²) in [6, 6.07) is 15.8. The lowest BCUT2D eigenvalue weighted by molar-refractivity contribution is 0.414. The van der Waals surface area contributed by atoms with Gasteiger partial charge in [-0.3, -0.25) is 0 Å². The third kappa shape index (κ3) is 3.38. The average Bonchev–Trinajstić information content (AvgIpc) is 2.53. The monoisotopic (exact) mass is 255 g/mol. The van der Waals surface area contributed by atoms with Crippen molar-refractivity contribution in [3.8, 4) is 11.5 Å². The first-order valence-electron chi connectivity index (χ1n) is 6.62. The summed E-state index contributed by atoms with van der Waals surface area (Å²) in [5, 5.41) is 0. The van der Waals surface area contributed by atoms with E-state index < -0.39 is 0 Å². The molecule has 0 atom stereocenters. The van der Waals surface area contributed by atoms with Crippen LogP contribution in [0.15, 0.2) is 48.5 Å². The van der Waals surface area contributed by atoms with Crippen LogP contribution in [0, 0.1) is 0 Å². The molecular weight excluding hydrogens is 236 g/mol. The van der Waals surface area contributed by atoms with Crippen molar-refractivity contribution in [2.75, 3.05) is 14.2 Å². The summed E-state index contributed by atoms with van der Waals surface area (Å²) in [4.78, 5) is 0. The fourth-order valence-corrected chi connectivity index (χ4v) is 1.80. The van der Waals surface area contributed by atoms with Crippen LogP contribution in [0.2, 0.25) is 0 Å². The number of methoxy groups -OCH3 is 2. The summed E-state index contributed by atoms with van der Waals surface area (Å²) in [6.07, 6.45) is 0. The van der Waals surface area contributed by atoms with E-state index in [-0.39, 0.29) is 0 Å². The topological polar surface area (TPSA) is 18.5 Å². The Labute approximate surface area is 115 Å². The number of ether oxygens (including phenoxy) is 2. The van der Waals surface area contributed by atoms with E-state index in [9.17, 15) is 0 Å². The van der Waals surface area contributed by atoms with Crippen molar-refractivity contribution in [1.29, 1.82) is 0 Å². The molecule has 2 nitrogen and oxygen atoms in total. The van der Waals surface area contributed by atoms with Gasteiger partial charge in [0.2, 0.25) is 0 Å². The van der Waals surface area contributed by atoms with Crippen LogP contribution in [0.25, 0.3) is 11.6 Å². The van der Waals surface area contributed by atoms with Gasteiger partial charge >= 0.3 is 0 Å². The molecule has 2 aromatic carbocycles. The van der Waals surface area contributed by atoms with E-state index in [0.717, 1.165) is 28.2 Å². The second kappa shape index (κ2) is 6.10. The van der Waals surface area contributed by atoms with E-state index in [1.807, 2.05) is 55.5 Å². The number of allylic oxidation sites excluding steroid dienone is 1. The van der Waals surface area contributed by atoms with Gasteiger partial charge in [-0.1, -0.05) is 30.3 Å². The fourth-order valence-electron chi connectivity index (χ4n) is 1.80. The van der Waals surface area contributed by atoms with Crippen LogP contribution in [0.3, 0.4) is 0 Å². The van der Waals surface area contributed by atoms with E-state index in [2.05, 4.69) is 0 Å². The zero-order valence-corrected chi connectivity index (χ0v) is 11.4. The second-order valence-electron chi connectivity index (χ2n) is 4.21. The van der Waals surface area contributed by atoms with Crippen molar-refractivity contribution in [3.05, 3.63) is 59.7 Å². The SMILES string of the molecule is [2H]C(=C(C)c1ccc(OC)cc1)c1ccc(OC)cc1. The molecule has 0 aliphatic heterocycles. The molecule has 0 saturated carbocycles. The third-order valence-corrected chi connectivity index (χ3v) is 2.94. The Kier molecular flexibility index (Phi) is 3.80. The molecular formula is C17H18O2. The molecule has 19 heavy (non-hydrogen) atoms. The Hall–Kier alpha value is -2.22. The minimum atomic E-state index is 0.512. The van der Waals surface area contributed by atoms with Gasteiger partial charge in [-0.05, 0) is 47.9 Å². The lowest BCUT2D eigenvalue weighted by atomic mass is 10.0. The standard InChI is InChI=1S/C17H18O2/c1-13(15-6-10-17(19-3)11-7-15)12-14-4-8-16(18-2)9-5-14/h4-12H,1-3H3/i12D. The lowest BCUT2D eigenvalue weighted by Crippen LogP contribution is -1.85. The molecule has 0 fully saturated rings. The van der Waals surface area contributed by atoms with Crippen LogP contribution in [0.1, 0.15) is 19.4 Å². The number of hydrogen-bond donors (Lipinski definition) is 0. The first-order chi connectivity index (χ1) is 9.65. The lowest BCUT2D eigenvalue weighted by Gasteiger charge is -2.05. The van der Waals surface area contributed by atoms with Crippen molar-refractivity contribution in [2.45, 2.75) is 6.92 Å². The Balaban J connectivity index is 2.32. The largest absolute Gasteiger partial charge is 0.497 e. The molecule has 0 aliphatic rings. The van der Waals surface area contributed by atoms with E-state index in [1.54, 1.807) is 14.2 Å². The molecule has 0 bridgehead atoms. The zero-order valence-electron chi connectivity index (χ0n) is 12.4. The minimum absolute atomic E-state index is 0.512. The van der Waals surface area contributed by atoms with Crippen LogP contribution in [0.4, 0.5) is 0 Å². The summed E-state index contributed by atoms with van der Waals surface area (Å²) in [5.74, 6) is 1.61. The van der Waals surface area contributed by atoms with Crippen molar-refractivity contribution in [1.82, 2.24) is 0 Å². The highest BCUT2D eigenvalue weighted by molar-refractivity contribution is 5.80. The Morgan fingerprint density at radius 1 is 0.895 bits per heavy atom. The smallest absolute Gasteiger partial charge is 0.118 e. The maximum absolute atomic E-state index is 8.29. The molecule has 0 unspecified atom stereocenters. The van der Waals surface area contributed by atoms with Crippen LogP contribution >= 0.6 is 0 Å². The van der Waals surface area contributed by atoms with Crippen LogP contribution in [-0.2, 0) is 0 Å². The minimum Gasteiger partial charge on any atom is -0.497 e. The van der Waals surface area contributed by atoms with Gasteiger partial charge in [-0.15, -0.1) is 0 Å². The molecule has 0 N–H and O–H groups in total.